The minimum Gasteiger partial charge on any atom is -0.497 e. The summed E-state index contributed by atoms with van der Waals surface area (Å²) in [5.41, 5.74) is 6.01. The molecule has 4 aromatic rings. The Hall–Kier alpha value is -3.58. The molecule has 0 aliphatic heterocycles. The number of benzene rings is 3. The summed E-state index contributed by atoms with van der Waals surface area (Å²) in [5.74, 6) is 1.95. The molecule has 0 atom stereocenters. The van der Waals surface area contributed by atoms with Gasteiger partial charge < -0.3 is 9.30 Å². The van der Waals surface area contributed by atoms with E-state index in [2.05, 4.69) is 47.9 Å². The van der Waals surface area contributed by atoms with Gasteiger partial charge >= 0.3 is 0 Å². The molecule has 0 fully saturated rings. The number of rotatable bonds is 7. The maximum absolute atomic E-state index is 9.38. The molecule has 4 heteroatoms. The molecule has 1 heterocycles. The summed E-state index contributed by atoms with van der Waals surface area (Å²) in [6.45, 7) is 2.96. The average molecular weight is 396 g/mol. The number of aromatic nitrogens is 2. The van der Waals surface area contributed by atoms with E-state index in [0.717, 1.165) is 59.5 Å². The maximum Gasteiger partial charge on any atom is 0.121 e. The highest BCUT2D eigenvalue weighted by Crippen LogP contribution is 2.26. The van der Waals surface area contributed by atoms with Crippen LogP contribution in [-0.4, -0.2) is 16.7 Å². The van der Waals surface area contributed by atoms with Crippen molar-refractivity contribution in [2.45, 2.75) is 32.7 Å². The van der Waals surface area contributed by atoms with Gasteiger partial charge in [-0.1, -0.05) is 55.8 Å². The van der Waals surface area contributed by atoms with Gasteiger partial charge in [0.1, 0.15) is 11.6 Å². The topological polar surface area (TPSA) is 50.8 Å². The molecule has 3 aromatic carbocycles. The zero-order chi connectivity index (χ0) is 20.9. The molecular formula is C26H25N3O. The Balaban J connectivity index is 1.68. The molecular weight excluding hydrogens is 370 g/mol. The van der Waals surface area contributed by atoms with Crippen molar-refractivity contribution in [3.63, 3.8) is 0 Å². The Morgan fingerprint density at radius 3 is 2.57 bits per heavy atom. The van der Waals surface area contributed by atoms with E-state index >= 15 is 0 Å². The summed E-state index contributed by atoms with van der Waals surface area (Å²) in [6.07, 6.45) is 3.21. The van der Waals surface area contributed by atoms with Crippen molar-refractivity contribution in [3.8, 4) is 22.9 Å². The van der Waals surface area contributed by atoms with E-state index < -0.39 is 0 Å². The van der Waals surface area contributed by atoms with Crippen LogP contribution in [0.3, 0.4) is 0 Å². The number of aryl methyl sites for hydroxylation is 1. The molecule has 30 heavy (non-hydrogen) atoms. The second-order valence-electron chi connectivity index (χ2n) is 7.43. The summed E-state index contributed by atoms with van der Waals surface area (Å²) in [5, 5.41) is 9.38. The first-order valence-electron chi connectivity index (χ1n) is 10.3. The molecule has 0 spiro atoms. The van der Waals surface area contributed by atoms with Crippen LogP contribution < -0.4 is 4.74 Å². The fourth-order valence-corrected chi connectivity index (χ4v) is 3.79. The Labute approximate surface area is 177 Å². The Kier molecular flexibility index (Phi) is 5.81. The number of nitriles is 1. The van der Waals surface area contributed by atoms with Crippen molar-refractivity contribution < 1.29 is 4.74 Å². The van der Waals surface area contributed by atoms with Crippen LogP contribution in [0.5, 0.6) is 5.75 Å². The highest BCUT2D eigenvalue weighted by Gasteiger charge is 2.12. The first-order chi connectivity index (χ1) is 14.7. The lowest BCUT2D eigenvalue weighted by Gasteiger charge is -2.11. The van der Waals surface area contributed by atoms with Crippen LogP contribution in [0.25, 0.3) is 22.2 Å². The van der Waals surface area contributed by atoms with Crippen molar-refractivity contribution in [2.24, 2.45) is 0 Å². The number of methoxy groups -OCH3 is 1. The number of fused-ring (bicyclic) bond motifs is 1. The largest absolute Gasteiger partial charge is 0.497 e. The van der Waals surface area contributed by atoms with Crippen LogP contribution in [0.2, 0.25) is 0 Å². The fourth-order valence-electron chi connectivity index (χ4n) is 3.79. The van der Waals surface area contributed by atoms with Crippen molar-refractivity contribution in [3.05, 3.63) is 83.7 Å². The van der Waals surface area contributed by atoms with E-state index in [0.29, 0.717) is 5.56 Å². The molecule has 0 N–H and O–H groups in total. The lowest BCUT2D eigenvalue weighted by atomic mass is 9.99. The zero-order valence-electron chi connectivity index (χ0n) is 17.4. The minimum absolute atomic E-state index is 0.694. The quantitative estimate of drug-likeness (QED) is 0.387. The standard InChI is InChI=1S/C26H25N3O/c1-3-4-9-26-28-24-15-14-22(30-2)16-25(24)29(26)18-19-10-12-20(13-11-19)23-8-6-5-7-21(23)17-27/h5-8,10-16H,3-4,9,18H2,1-2H3. The van der Waals surface area contributed by atoms with E-state index in [-0.39, 0.29) is 0 Å². The lowest BCUT2D eigenvalue weighted by Crippen LogP contribution is -2.05. The second kappa shape index (κ2) is 8.84. The summed E-state index contributed by atoms with van der Waals surface area (Å²) in [4.78, 5) is 4.88. The predicted molar refractivity (Wildman–Crippen MR) is 121 cm³/mol. The summed E-state index contributed by atoms with van der Waals surface area (Å²) in [6, 6.07) is 24.5. The monoisotopic (exact) mass is 395 g/mol. The van der Waals surface area contributed by atoms with Gasteiger partial charge in [0.15, 0.2) is 0 Å². The van der Waals surface area contributed by atoms with Crippen LogP contribution in [0.1, 0.15) is 36.7 Å². The van der Waals surface area contributed by atoms with Crippen molar-refractivity contribution in [1.82, 2.24) is 9.55 Å². The molecule has 150 valence electrons. The van der Waals surface area contributed by atoms with Gasteiger partial charge in [-0.25, -0.2) is 4.98 Å². The van der Waals surface area contributed by atoms with Gasteiger partial charge in [-0.3, -0.25) is 0 Å². The second-order valence-corrected chi connectivity index (χ2v) is 7.43. The third-order valence-electron chi connectivity index (χ3n) is 5.44. The first kappa shape index (κ1) is 19.7. The number of unbranched alkanes of at least 4 members (excludes halogenated alkanes) is 1. The van der Waals surface area contributed by atoms with E-state index in [4.69, 9.17) is 9.72 Å². The zero-order valence-corrected chi connectivity index (χ0v) is 17.4. The Bertz CT molecular complexity index is 1200. The van der Waals surface area contributed by atoms with Gasteiger partial charge in [-0.15, -0.1) is 0 Å². The Morgan fingerprint density at radius 1 is 1.03 bits per heavy atom. The molecule has 0 aliphatic carbocycles. The van der Waals surface area contributed by atoms with Gasteiger partial charge in [0.2, 0.25) is 0 Å². The van der Waals surface area contributed by atoms with Crippen LogP contribution in [-0.2, 0) is 13.0 Å². The number of imidazole rings is 1. The van der Waals surface area contributed by atoms with Crippen LogP contribution in [0, 0.1) is 11.3 Å². The van der Waals surface area contributed by atoms with Gasteiger partial charge in [0, 0.05) is 19.0 Å². The number of hydrogen-bond donors (Lipinski definition) is 0. The van der Waals surface area contributed by atoms with E-state index in [1.807, 2.05) is 36.4 Å². The molecule has 0 unspecified atom stereocenters. The Morgan fingerprint density at radius 2 is 1.83 bits per heavy atom. The highest BCUT2D eigenvalue weighted by molar-refractivity contribution is 5.78. The average Bonchev–Trinajstić information content (AvgIpc) is 3.14. The van der Waals surface area contributed by atoms with Crippen LogP contribution >= 0.6 is 0 Å². The molecule has 0 bridgehead atoms. The third kappa shape index (κ3) is 3.92. The SMILES string of the molecule is CCCCc1nc2ccc(OC)cc2n1Cc1ccc(-c2ccccc2C#N)cc1. The molecule has 0 saturated carbocycles. The fraction of sp³-hybridized carbons (Fsp3) is 0.231. The van der Waals surface area contributed by atoms with Crippen molar-refractivity contribution in [2.75, 3.05) is 7.11 Å². The molecule has 4 rings (SSSR count). The van der Waals surface area contributed by atoms with Gasteiger partial charge in [0.05, 0.1) is 29.8 Å². The van der Waals surface area contributed by atoms with Gasteiger partial charge in [-0.05, 0) is 41.3 Å². The van der Waals surface area contributed by atoms with E-state index in [1.54, 1.807) is 7.11 Å². The summed E-state index contributed by atoms with van der Waals surface area (Å²) >= 11 is 0. The van der Waals surface area contributed by atoms with Crippen LogP contribution in [0.4, 0.5) is 0 Å². The van der Waals surface area contributed by atoms with Crippen LogP contribution in [0.15, 0.2) is 66.7 Å². The van der Waals surface area contributed by atoms with E-state index in [1.165, 1.54) is 5.56 Å². The number of hydrogen-bond acceptors (Lipinski definition) is 3. The highest BCUT2D eigenvalue weighted by atomic mass is 16.5. The smallest absolute Gasteiger partial charge is 0.121 e. The van der Waals surface area contributed by atoms with Crippen molar-refractivity contribution >= 4 is 11.0 Å². The van der Waals surface area contributed by atoms with Gasteiger partial charge in [-0.2, -0.15) is 5.26 Å². The molecule has 1 aromatic heterocycles. The molecule has 0 saturated heterocycles. The number of ether oxygens (including phenoxy) is 1. The lowest BCUT2D eigenvalue weighted by molar-refractivity contribution is 0.415. The van der Waals surface area contributed by atoms with Gasteiger partial charge in [0.25, 0.3) is 0 Å². The maximum atomic E-state index is 9.38. The molecule has 0 aliphatic rings. The molecule has 0 amide bonds. The summed E-state index contributed by atoms with van der Waals surface area (Å²) in [7, 11) is 1.69. The molecule has 4 nitrogen and oxygen atoms in total. The number of nitrogens with zero attached hydrogens (tertiary/aromatic N) is 3. The minimum atomic E-state index is 0.694. The third-order valence-corrected chi connectivity index (χ3v) is 5.44. The normalized spacial score (nSPS) is 10.8. The predicted octanol–water partition coefficient (Wildman–Crippen LogP) is 5.97. The molecule has 0 radical (unpaired) electrons. The van der Waals surface area contributed by atoms with E-state index in [9.17, 15) is 5.26 Å². The first-order valence-corrected chi connectivity index (χ1v) is 10.3. The summed E-state index contributed by atoms with van der Waals surface area (Å²) < 4.78 is 7.73. The van der Waals surface area contributed by atoms with Crippen molar-refractivity contribution in [1.29, 1.82) is 5.26 Å².